The number of nitrogens with zero attached hydrogens (tertiary/aromatic N) is 1. The zero-order valence-electron chi connectivity index (χ0n) is 20.9. The first-order valence-corrected chi connectivity index (χ1v) is 13.3. The Bertz CT molecular complexity index is 1500. The molecule has 0 atom stereocenters. The molecule has 0 aromatic heterocycles. The van der Waals surface area contributed by atoms with Gasteiger partial charge in [0.05, 0.1) is 18.6 Å². The predicted octanol–water partition coefficient (Wildman–Crippen LogP) is 7.28. The van der Waals surface area contributed by atoms with Crippen molar-refractivity contribution in [1.82, 2.24) is 0 Å². The molecule has 0 bridgehead atoms. The fraction of sp³-hybridized carbons (Fsp3) is 0.138. The van der Waals surface area contributed by atoms with Crippen molar-refractivity contribution >= 4 is 58.0 Å². The Hall–Kier alpha value is -3.72. The average molecular weight is 584 g/mol. The van der Waals surface area contributed by atoms with Gasteiger partial charge >= 0.3 is 5.97 Å². The number of hydrogen-bond donors (Lipinski definition) is 1. The maximum Gasteiger partial charge on any atom is 0.344 e. The number of aliphatic hydroxyl groups excluding tert-OH is 1. The molecule has 3 aromatic rings. The van der Waals surface area contributed by atoms with Crippen LogP contribution >= 0.6 is 35.0 Å². The number of amides is 1. The number of aliphatic hydroxyl groups is 1. The predicted molar refractivity (Wildman–Crippen MR) is 154 cm³/mol. The Balaban J connectivity index is 1.61. The number of esters is 1. The minimum Gasteiger partial charge on any atom is -0.506 e. The van der Waals surface area contributed by atoms with Crippen molar-refractivity contribution in [3.63, 3.8) is 0 Å². The molecule has 7 nitrogen and oxygen atoms in total. The number of halogens is 2. The maximum absolute atomic E-state index is 12.7. The van der Waals surface area contributed by atoms with Crippen molar-refractivity contribution in [3.8, 4) is 11.5 Å². The molecular formula is C29H23Cl2NO6S. The molecular weight excluding hydrogens is 561 g/mol. The molecule has 0 saturated carbocycles. The Morgan fingerprint density at radius 2 is 1.79 bits per heavy atom. The third-order valence-corrected chi connectivity index (χ3v) is 7.08. The molecule has 0 fully saturated rings. The van der Waals surface area contributed by atoms with Crippen LogP contribution in [0.3, 0.4) is 0 Å². The molecule has 1 amide bonds. The minimum atomic E-state index is -0.771. The summed E-state index contributed by atoms with van der Waals surface area (Å²) in [5.41, 5.74) is 1.60. The molecule has 0 aliphatic carbocycles. The van der Waals surface area contributed by atoms with Gasteiger partial charge in [-0.3, -0.25) is 4.79 Å². The van der Waals surface area contributed by atoms with Crippen LogP contribution in [0.2, 0.25) is 10.0 Å². The van der Waals surface area contributed by atoms with Crippen LogP contribution in [-0.2, 0) is 16.1 Å². The zero-order chi connectivity index (χ0) is 27.9. The van der Waals surface area contributed by atoms with Crippen LogP contribution in [0.15, 0.2) is 88.0 Å². The Morgan fingerprint density at radius 1 is 1.03 bits per heavy atom. The second-order valence-corrected chi connectivity index (χ2v) is 9.95. The highest BCUT2D eigenvalue weighted by atomic mass is 35.5. The van der Waals surface area contributed by atoms with E-state index in [0.29, 0.717) is 37.6 Å². The van der Waals surface area contributed by atoms with Crippen molar-refractivity contribution < 1.29 is 28.9 Å². The zero-order valence-corrected chi connectivity index (χ0v) is 23.3. The molecule has 3 aromatic carbocycles. The van der Waals surface area contributed by atoms with E-state index in [9.17, 15) is 14.7 Å². The number of carbonyl (C=O) groups is 2. The van der Waals surface area contributed by atoms with Gasteiger partial charge in [0.2, 0.25) is 0 Å². The molecule has 1 aliphatic rings. The lowest BCUT2D eigenvalue weighted by atomic mass is 10.1. The number of ether oxygens (including phenoxy) is 3. The Kier molecular flexibility index (Phi) is 9.35. The number of carbonyl (C=O) groups excluding carboxylic acids is 2. The molecule has 0 saturated heterocycles. The van der Waals surface area contributed by atoms with E-state index in [1.807, 2.05) is 0 Å². The standard InChI is InChI=1S/C29H23Cl2NO6S/c1-3-37-29(35)25-26(33)24(39-28(25)32-27(34)18-7-5-4-6-8-18)14-17-9-12-22(23(13-17)36-2)38-16-19-10-11-20(30)15-21(19)31/h4-15,33H,3,16H2,1-2H3/b24-14-,32-28?. The second-order valence-electron chi connectivity index (χ2n) is 8.08. The highest BCUT2D eigenvalue weighted by molar-refractivity contribution is 8.18. The van der Waals surface area contributed by atoms with E-state index in [0.717, 1.165) is 17.3 Å². The molecule has 1 N–H and O–H groups in total. The van der Waals surface area contributed by atoms with E-state index in [-0.39, 0.29) is 29.6 Å². The molecule has 0 unspecified atom stereocenters. The van der Waals surface area contributed by atoms with Gasteiger partial charge in [-0.05, 0) is 55.0 Å². The third-order valence-electron chi connectivity index (χ3n) is 5.48. The van der Waals surface area contributed by atoms with Crippen LogP contribution in [0.4, 0.5) is 0 Å². The van der Waals surface area contributed by atoms with Gasteiger partial charge in [-0.1, -0.05) is 65.3 Å². The summed E-state index contributed by atoms with van der Waals surface area (Å²) in [5, 5.41) is 12.0. The van der Waals surface area contributed by atoms with E-state index < -0.39 is 11.9 Å². The van der Waals surface area contributed by atoms with Crippen LogP contribution in [0.1, 0.15) is 28.4 Å². The molecule has 10 heteroatoms. The van der Waals surface area contributed by atoms with Gasteiger partial charge in [-0.15, -0.1) is 0 Å². The summed E-state index contributed by atoms with van der Waals surface area (Å²) in [5.74, 6) is -0.715. The van der Waals surface area contributed by atoms with E-state index in [1.165, 1.54) is 7.11 Å². The molecule has 39 heavy (non-hydrogen) atoms. The van der Waals surface area contributed by atoms with Gasteiger partial charge in [0.1, 0.15) is 23.0 Å². The average Bonchev–Trinajstić information content (AvgIpc) is 3.23. The van der Waals surface area contributed by atoms with Gasteiger partial charge in [-0.25, -0.2) is 9.79 Å². The van der Waals surface area contributed by atoms with Gasteiger partial charge in [0.15, 0.2) is 11.5 Å². The van der Waals surface area contributed by atoms with Crippen LogP contribution in [-0.4, -0.2) is 35.7 Å². The van der Waals surface area contributed by atoms with E-state index in [1.54, 1.807) is 79.7 Å². The van der Waals surface area contributed by atoms with E-state index in [4.69, 9.17) is 37.4 Å². The summed E-state index contributed by atoms with van der Waals surface area (Å²) in [6.45, 7) is 1.94. The van der Waals surface area contributed by atoms with Crippen molar-refractivity contribution in [1.29, 1.82) is 0 Å². The van der Waals surface area contributed by atoms with Gasteiger partial charge in [-0.2, -0.15) is 0 Å². The van der Waals surface area contributed by atoms with Crippen LogP contribution in [0, 0.1) is 0 Å². The number of benzene rings is 3. The smallest absolute Gasteiger partial charge is 0.344 e. The monoisotopic (exact) mass is 583 g/mol. The number of methoxy groups -OCH3 is 1. The summed E-state index contributed by atoms with van der Waals surface area (Å²) >= 11 is 13.2. The summed E-state index contributed by atoms with van der Waals surface area (Å²) < 4.78 is 16.5. The summed E-state index contributed by atoms with van der Waals surface area (Å²) in [6.07, 6.45) is 1.65. The lowest BCUT2D eigenvalue weighted by Gasteiger charge is -2.12. The minimum absolute atomic E-state index is 0.0535. The van der Waals surface area contributed by atoms with E-state index in [2.05, 4.69) is 4.99 Å². The Morgan fingerprint density at radius 3 is 2.49 bits per heavy atom. The number of thioether (sulfide) groups is 1. The van der Waals surface area contributed by atoms with E-state index >= 15 is 0 Å². The number of aliphatic imine (C=N–C) groups is 1. The molecule has 0 radical (unpaired) electrons. The molecule has 200 valence electrons. The van der Waals surface area contributed by atoms with Gasteiger partial charge < -0.3 is 19.3 Å². The first-order chi connectivity index (χ1) is 18.8. The van der Waals surface area contributed by atoms with Crippen LogP contribution in [0.25, 0.3) is 6.08 Å². The highest BCUT2D eigenvalue weighted by Gasteiger charge is 2.34. The largest absolute Gasteiger partial charge is 0.506 e. The highest BCUT2D eigenvalue weighted by Crippen LogP contribution is 2.40. The lowest BCUT2D eigenvalue weighted by molar-refractivity contribution is -0.138. The van der Waals surface area contributed by atoms with Crippen LogP contribution in [0.5, 0.6) is 11.5 Å². The van der Waals surface area contributed by atoms with Crippen LogP contribution < -0.4 is 9.47 Å². The lowest BCUT2D eigenvalue weighted by Crippen LogP contribution is -2.14. The SMILES string of the molecule is CCOC(=O)C1=C(O)/C(=C/c2ccc(OCc3ccc(Cl)cc3Cl)c(OC)c2)SC1=NC(=O)c1ccccc1. The quantitative estimate of drug-likeness (QED) is 0.278. The normalized spacial score (nSPS) is 15.1. The Labute approximate surface area is 239 Å². The molecule has 4 rings (SSSR count). The van der Waals surface area contributed by atoms with Gasteiger partial charge in [0.25, 0.3) is 5.91 Å². The summed E-state index contributed by atoms with van der Waals surface area (Å²) in [4.78, 5) is 29.8. The third kappa shape index (κ3) is 6.84. The van der Waals surface area contributed by atoms with Crippen molar-refractivity contribution in [2.24, 2.45) is 4.99 Å². The summed E-state index contributed by atoms with van der Waals surface area (Å²) in [6, 6.07) is 18.8. The van der Waals surface area contributed by atoms with Crippen molar-refractivity contribution in [2.45, 2.75) is 13.5 Å². The fourth-order valence-corrected chi connectivity index (χ4v) is 5.04. The molecule has 1 aliphatic heterocycles. The topological polar surface area (TPSA) is 94.4 Å². The first-order valence-electron chi connectivity index (χ1n) is 11.7. The maximum atomic E-state index is 12.7. The number of rotatable bonds is 8. The number of hydrogen-bond acceptors (Lipinski definition) is 7. The fourth-order valence-electron chi connectivity index (χ4n) is 3.57. The first kappa shape index (κ1) is 28.3. The van der Waals surface area contributed by atoms with Crippen molar-refractivity contribution in [3.05, 3.63) is 110 Å². The summed E-state index contributed by atoms with van der Waals surface area (Å²) in [7, 11) is 1.51. The van der Waals surface area contributed by atoms with Gasteiger partial charge in [0, 0.05) is 21.2 Å². The second kappa shape index (κ2) is 12.9. The van der Waals surface area contributed by atoms with Crippen molar-refractivity contribution in [2.75, 3.05) is 13.7 Å². The molecule has 1 heterocycles. The molecule has 0 spiro atoms.